The summed E-state index contributed by atoms with van der Waals surface area (Å²) >= 11 is 0. The van der Waals surface area contributed by atoms with Gasteiger partial charge in [0, 0.05) is 18.0 Å². The van der Waals surface area contributed by atoms with Crippen LogP contribution in [-0.4, -0.2) is 42.5 Å². The average Bonchev–Trinajstić information content (AvgIpc) is 2.82. The minimum absolute atomic E-state index is 0.0915. The molecule has 0 radical (unpaired) electrons. The maximum atomic E-state index is 12.4. The molecule has 0 spiro atoms. The van der Waals surface area contributed by atoms with E-state index < -0.39 is 0 Å². The van der Waals surface area contributed by atoms with Crippen LogP contribution in [0.5, 0.6) is 0 Å². The summed E-state index contributed by atoms with van der Waals surface area (Å²) in [6.07, 6.45) is 0. The molecule has 2 rings (SSSR count). The van der Waals surface area contributed by atoms with Gasteiger partial charge in [0.15, 0.2) is 0 Å². The third kappa shape index (κ3) is 3.55. The zero-order valence-corrected chi connectivity index (χ0v) is 13.1. The van der Waals surface area contributed by atoms with Crippen LogP contribution in [0.2, 0.25) is 0 Å². The number of amides is 1. The topological polar surface area (TPSA) is 74.2 Å². The van der Waals surface area contributed by atoms with E-state index in [4.69, 9.17) is 5.73 Å². The number of benzene rings is 1. The first-order chi connectivity index (χ1) is 9.88. The number of aromatic nitrogens is 1. The molecule has 1 atom stereocenters. The number of para-hydroxylation sites is 1. The fourth-order valence-electron chi connectivity index (χ4n) is 2.36. The summed E-state index contributed by atoms with van der Waals surface area (Å²) in [5.41, 5.74) is 7.93. The number of anilines is 1. The summed E-state index contributed by atoms with van der Waals surface area (Å²) in [7, 11) is 4.01. The Morgan fingerprint density at radius 2 is 2.10 bits per heavy atom. The molecular formula is C16H24N4O. The molecule has 1 aromatic heterocycles. The number of H-pyrrole nitrogens is 1. The maximum absolute atomic E-state index is 12.4. The van der Waals surface area contributed by atoms with Crippen molar-refractivity contribution in [1.29, 1.82) is 0 Å². The molecule has 0 fully saturated rings. The van der Waals surface area contributed by atoms with Gasteiger partial charge in [0.25, 0.3) is 5.91 Å². The molecule has 5 nitrogen and oxygen atoms in total. The molecule has 0 saturated carbocycles. The monoisotopic (exact) mass is 288 g/mol. The van der Waals surface area contributed by atoms with Gasteiger partial charge in [0.2, 0.25) is 0 Å². The molecule has 1 aromatic carbocycles. The molecule has 5 heteroatoms. The number of likely N-dealkylation sites (N-methyl/N-ethyl adjacent to an activating group) is 1. The lowest BCUT2D eigenvalue weighted by molar-refractivity contribution is 0.0912. The van der Waals surface area contributed by atoms with E-state index in [1.165, 1.54) is 0 Å². The first-order valence-electron chi connectivity index (χ1n) is 7.21. The van der Waals surface area contributed by atoms with Gasteiger partial charge in [-0.2, -0.15) is 0 Å². The highest BCUT2D eigenvalue weighted by Gasteiger charge is 2.19. The molecule has 0 bridgehead atoms. The second-order valence-corrected chi connectivity index (χ2v) is 6.08. The lowest BCUT2D eigenvalue weighted by Gasteiger charge is -2.25. The van der Waals surface area contributed by atoms with Crippen molar-refractivity contribution in [1.82, 2.24) is 15.2 Å². The molecule has 21 heavy (non-hydrogen) atoms. The normalized spacial score (nSPS) is 13.0. The van der Waals surface area contributed by atoms with Crippen molar-refractivity contribution < 1.29 is 4.79 Å². The molecule has 1 amide bonds. The predicted molar refractivity (Wildman–Crippen MR) is 87.4 cm³/mol. The molecule has 0 aliphatic rings. The molecule has 114 valence electrons. The number of carbonyl (C=O) groups is 1. The number of nitrogens with one attached hydrogen (secondary N) is 2. The minimum Gasteiger partial charge on any atom is -0.397 e. The molecule has 1 heterocycles. The Hall–Kier alpha value is -2.01. The van der Waals surface area contributed by atoms with Crippen molar-refractivity contribution >= 4 is 22.5 Å². The van der Waals surface area contributed by atoms with Crippen LogP contribution in [0.1, 0.15) is 24.3 Å². The van der Waals surface area contributed by atoms with Crippen LogP contribution >= 0.6 is 0 Å². The highest BCUT2D eigenvalue weighted by molar-refractivity contribution is 6.00. The van der Waals surface area contributed by atoms with Gasteiger partial charge in [-0.25, -0.2) is 0 Å². The Balaban J connectivity index is 2.19. The molecule has 0 saturated heterocycles. The van der Waals surface area contributed by atoms with Crippen molar-refractivity contribution in [3.05, 3.63) is 30.0 Å². The smallest absolute Gasteiger partial charge is 0.268 e. The first kappa shape index (κ1) is 15.4. The predicted octanol–water partition coefficient (Wildman–Crippen LogP) is 2.07. The molecule has 2 aromatic rings. The van der Waals surface area contributed by atoms with E-state index in [2.05, 4.69) is 29.0 Å². The SMILES string of the molecule is CC(C)C(CN(C)C)NC(=O)c1cc2cccc(N)c2[nH]1. The molecule has 1 unspecified atom stereocenters. The first-order valence-corrected chi connectivity index (χ1v) is 7.21. The fraction of sp³-hybridized carbons (Fsp3) is 0.438. The number of nitrogens with two attached hydrogens (primary N) is 1. The van der Waals surface area contributed by atoms with Crippen LogP contribution in [0.4, 0.5) is 5.69 Å². The number of hydrogen-bond acceptors (Lipinski definition) is 3. The highest BCUT2D eigenvalue weighted by atomic mass is 16.1. The molecule has 0 aliphatic heterocycles. The van der Waals surface area contributed by atoms with Gasteiger partial charge in [0.05, 0.1) is 11.2 Å². The second kappa shape index (κ2) is 6.18. The van der Waals surface area contributed by atoms with Crippen molar-refractivity contribution in [2.45, 2.75) is 19.9 Å². The Bertz CT molecular complexity index is 630. The van der Waals surface area contributed by atoms with Gasteiger partial charge in [-0.05, 0) is 32.1 Å². The van der Waals surface area contributed by atoms with Crippen LogP contribution < -0.4 is 11.1 Å². The van der Waals surface area contributed by atoms with Crippen molar-refractivity contribution in [2.24, 2.45) is 5.92 Å². The maximum Gasteiger partial charge on any atom is 0.268 e. The minimum atomic E-state index is -0.0915. The average molecular weight is 288 g/mol. The van der Waals surface area contributed by atoms with E-state index in [0.29, 0.717) is 17.3 Å². The Labute approximate surface area is 125 Å². The zero-order chi connectivity index (χ0) is 15.6. The van der Waals surface area contributed by atoms with E-state index >= 15 is 0 Å². The third-order valence-electron chi connectivity index (χ3n) is 3.62. The van der Waals surface area contributed by atoms with Crippen LogP contribution in [-0.2, 0) is 0 Å². The summed E-state index contributed by atoms with van der Waals surface area (Å²) < 4.78 is 0. The van der Waals surface area contributed by atoms with Gasteiger partial charge >= 0.3 is 0 Å². The van der Waals surface area contributed by atoms with E-state index in [1.54, 1.807) is 0 Å². The van der Waals surface area contributed by atoms with Gasteiger partial charge in [-0.1, -0.05) is 26.0 Å². The van der Waals surface area contributed by atoms with Crippen LogP contribution in [0, 0.1) is 5.92 Å². The second-order valence-electron chi connectivity index (χ2n) is 6.08. The molecule has 0 aliphatic carbocycles. The quantitative estimate of drug-likeness (QED) is 0.737. The summed E-state index contributed by atoms with van der Waals surface area (Å²) in [6, 6.07) is 7.60. The van der Waals surface area contributed by atoms with Crippen LogP contribution in [0.15, 0.2) is 24.3 Å². The van der Waals surface area contributed by atoms with Crippen molar-refractivity contribution in [2.75, 3.05) is 26.4 Å². The lowest BCUT2D eigenvalue weighted by atomic mass is 10.0. The van der Waals surface area contributed by atoms with E-state index in [0.717, 1.165) is 17.4 Å². The number of carbonyl (C=O) groups excluding carboxylic acids is 1. The number of hydrogen-bond donors (Lipinski definition) is 3. The zero-order valence-electron chi connectivity index (χ0n) is 13.1. The van der Waals surface area contributed by atoms with E-state index in [1.807, 2.05) is 38.4 Å². The van der Waals surface area contributed by atoms with Gasteiger partial charge in [-0.3, -0.25) is 4.79 Å². The van der Waals surface area contributed by atoms with Gasteiger partial charge in [0.1, 0.15) is 5.69 Å². The number of fused-ring (bicyclic) bond motifs is 1. The molecule has 4 N–H and O–H groups in total. The number of nitrogen functional groups attached to an aromatic ring is 1. The van der Waals surface area contributed by atoms with Crippen LogP contribution in [0.3, 0.4) is 0 Å². The largest absolute Gasteiger partial charge is 0.397 e. The molecular weight excluding hydrogens is 264 g/mol. The summed E-state index contributed by atoms with van der Waals surface area (Å²) in [5, 5.41) is 4.04. The number of rotatable bonds is 5. The summed E-state index contributed by atoms with van der Waals surface area (Å²) in [6.45, 7) is 5.03. The van der Waals surface area contributed by atoms with E-state index in [9.17, 15) is 4.79 Å². The number of aromatic amines is 1. The Morgan fingerprint density at radius 1 is 1.38 bits per heavy atom. The fourth-order valence-corrected chi connectivity index (χ4v) is 2.36. The van der Waals surface area contributed by atoms with Crippen molar-refractivity contribution in [3.63, 3.8) is 0 Å². The Morgan fingerprint density at radius 3 is 2.67 bits per heavy atom. The van der Waals surface area contributed by atoms with Crippen molar-refractivity contribution in [3.8, 4) is 0 Å². The Kier molecular flexibility index (Phi) is 4.53. The van der Waals surface area contributed by atoms with Crippen LogP contribution in [0.25, 0.3) is 10.9 Å². The standard InChI is InChI=1S/C16H24N4O/c1-10(2)14(9-20(3)4)19-16(21)13-8-11-6-5-7-12(17)15(11)18-13/h5-8,10,14,18H,9,17H2,1-4H3,(H,19,21). The lowest BCUT2D eigenvalue weighted by Crippen LogP contribution is -2.45. The van der Waals surface area contributed by atoms with Gasteiger partial charge < -0.3 is 20.9 Å². The highest BCUT2D eigenvalue weighted by Crippen LogP contribution is 2.21. The summed E-state index contributed by atoms with van der Waals surface area (Å²) in [4.78, 5) is 17.6. The summed E-state index contributed by atoms with van der Waals surface area (Å²) in [5.74, 6) is 0.275. The third-order valence-corrected chi connectivity index (χ3v) is 3.62. The van der Waals surface area contributed by atoms with Gasteiger partial charge in [-0.15, -0.1) is 0 Å². The van der Waals surface area contributed by atoms with E-state index in [-0.39, 0.29) is 11.9 Å². The number of nitrogens with zero attached hydrogens (tertiary/aromatic N) is 1.